The van der Waals surface area contributed by atoms with Crippen LogP contribution in [0, 0.1) is 5.92 Å². The van der Waals surface area contributed by atoms with Crippen LogP contribution < -0.4 is 0 Å². The molecule has 0 N–H and O–H groups in total. The molecule has 0 aromatic rings. The number of carbonyl (C=O) groups is 1. The largest absolute Gasteiger partial charge is 0.466 e. The second-order valence-electron chi connectivity index (χ2n) is 5.26. The number of hydrogen-bond acceptors (Lipinski definition) is 2. The predicted octanol–water partition coefficient (Wildman–Crippen LogP) is 5.11. The smallest absolute Gasteiger partial charge is 0.306 e. The van der Waals surface area contributed by atoms with E-state index in [1.165, 1.54) is 32.1 Å². The Balaban J connectivity index is 3.41. The topological polar surface area (TPSA) is 26.3 Å². The summed E-state index contributed by atoms with van der Waals surface area (Å²) in [5, 5.41) is 0. The number of ether oxygens (including phenoxy) is 1. The molecule has 0 heterocycles. The van der Waals surface area contributed by atoms with Gasteiger partial charge in [0.05, 0.1) is 6.61 Å². The van der Waals surface area contributed by atoms with Gasteiger partial charge in [-0.2, -0.15) is 0 Å². The number of unbranched alkanes of at least 4 members (excludes halogenated alkanes) is 5. The quantitative estimate of drug-likeness (QED) is 0.358. The average Bonchev–Trinajstić information content (AvgIpc) is 2.37. The molecule has 2 nitrogen and oxygen atoms in total. The van der Waals surface area contributed by atoms with E-state index in [1.807, 2.05) is 0 Å². The van der Waals surface area contributed by atoms with Crippen molar-refractivity contribution in [3.05, 3.63) is 0 Å². The highest BCUT2D eigenvalue weighted by molar-refractivity contribution is 5.69. The highest BCUT2D eigenvalue weighted by Crippen LogP contribution is 2.16. The molecule has 0 aliphatic rings. The minimum atomic E-state index is 0.00357. The number of hydrogen-bond donors (Lipinski definition) is 0. The van der Waals surface area contributed by atoms with Gasteiger partial charge in [0.25, 0.3) is 0 Å². The third-order valence-electron chi connectivity index (χ3n) is 3.49. The Kier molecular flexibility index (Phi) is 12.5. The predicted molar refractivity (Wildman–Crippen MR) is 77.6 cm³/mol. The van der Waals surface area contributed by atoms with Gasteiger partial charge in [0.15, 0.2) is 0 Å². The number of carbonyl (C=O) groups excluding carboxylic acids is 1. The molecule has 0 spiro atoms. The van der Waals surface area contributed by atoms with E-state index in [2.05, 4.69) is 20.8 Å². The minimum Gasteiger partial charge on any atom is -0.466 e. The molecule has 18 heavy (non-hydrogen) atoms. The molecular weight excluding hydrogens is 224 g/mol. The van der Waals surface area contributed by atoms with Crippen LogP contribution in [0.1, 0.15) is 85.0 Å². The van der Waals surface area contributed by atoms with Crippen LogP contribution in [0.3, 0.4) is 0 Å². The van der Waals surface area contributed by atoms with Gasteiger partial charge in [-0.3, -0.25) is 4.79 Å². The zero-order valence-electron chi connectivity index (χ0n) is 12.7. The maximum atomic E-state index is 11.6. The number of rotatable bonds is 12. The van der Waals surface area contributed by atoms with Crippen molar-refractivity contribution in [2.75, 3.05) is 6.61 Å². The highest BCUT2D eigenvalue weighted by Gasteiger charge is 2.11. The summed E-state index contributed by atoms with van der Waals surface area (Å²) in [6, 6.07) is 0. The third kappa shape index (κ3) is 10.6. The maximum Gasteiger partial charge on any atom is 0.306 e. The zero-order chi connectivity index (χ0) is 13.6. The summed E-state index contributed by atoms with van der Waals surface area (Å²) in [5.74, 6) is 0.524. The van der Waals surface area contributed by atoms with Crippen LogP contribution in [0.25, 0.3) is 0 Å². The normalized spacial score (nSPS) is 12.4. The Morgan fingerprint density at radius 2 is 1.61 bits per heavy atom. The highest BCUT2D eigenvalue weighted by atomic mass is 16.5. The first kappa shape index (κ1) is 17.5. The maximum absolute atomic E-state index is 11.6. The minimum absolute atomic E-state index is 0.00357. The molecule has 1 atom stereocenters. The Labute approximate surface area is 113 Å². The Bertz CT molecular complexity index is 190. The van der Waals surface area contributed by atoms with Crippen LogP contribution in [0.4, 0.5) is 0 Å². The van der Waals surface area contributed by atoms with Gasteiger partial charge in [-0.1, -0.05) is 72.1 Å². The molecule has 0 saturated carbocycles. The van der Waals surface area contributed by atoms with Gasteiger partial charge in [0.1, 0.15) is 0 Å². The molecule has 0 aliphatic carbocycles. The summed E-state index contributed by atoms with van der Waals surface area (Å²) in [6.45, 7) is 7.17. The van der Waals surface area contributed by atoms with Crippen molar-refractivity contribution in [1.29, 1.82) is 0 Å². The summed E-state index contributed by atoms with van der Waals surface area (Å²) in [5.41, 5.74) is 0. The lowest BCUT2D eigenvalue weighted by Gasteiger charge is -2.12. The molecule has 2 heteroatoms. The van der Waals surface area contributed by atoms with Gasteiger partial charge < -0.3 is 4.74 Å². The lowest BCUT2D eigenvalue weighted by molar-refractivity contribution is -0.145. The Hall–Kier alpha value is -0.530. The molecule has 0 radical (unpaired) electrons. The van der Waals surface area contributed by atoms with E-state index >= 15 is 0 Å². The van der Waals surface area contributed by atoms with Crippen molar-refractivity contribution < 1.29 is 9.53 Å². The Morgan fingerprint density at radius 1 is 0.944 bits per heavy atom. The fourth-order valence-electron chi connectivity index (χ4n) is 2.22. The van der Waals surface area contributed by atoms with Crippen LogP contribution in [-0.2, 0) is 9.53 Å². The van der Waals surface area contributed by atoms with Crippen LogP contribution in [-0.4, -0.2) is 12.6 Å². The van der Waals surface area contributed by atoms with E-state index in [9.17, 15) is 4.79 Å². The molecular formula is C16H32O2. The molecule has 108 valence electrons. The molecule has 0 bridgehead atoms. The van der Waals surface area contributed by atoms with Crippen molar-refractivity contribution in [2.24, 2.45) is 5.92 Å². The van der Waals surface area contributed by atoms with Crippen molar-refractivity contribution >= 4 is 5.97 Å². The van der Waals surface area contributed by atoms with E-state index in [-0.39, 0.29) is 5.97 Å². The first-order valence-corrected chi connectivity index (χ1v) is 7.90. The Morgan fingerprint density at radius 3 is 2.22 bits per heavy atom. The van der Waals surface area contributed by atoms with Crippen LogP contribution in [0.5, 0.6) is 0 Å². The molecule has 1 unspecified atom stereocenters. The van der Waals surface area contributed by atoms with E-state index in [1.54, 1.807) is 0 Å². The van der Waals surface area contributed by atoms with Gasteiger partial charge in [-0.25, -0.2) is 0 Å². The molecule has 0 fully saturated rings. The van der Waals surface area contributed by atoms with Gasteiger partial charge >= 0.3 is 5.97 Å². The monoisotopic (exact) mass is 256 g/mol. The van der Waals surface area contributed by atoms with E-state index in [4.69, 9.17) is 4.74 Å². The van der Waals surface area contributed by atoms with Crippen LogP contribution in [0.15, 0.2) is 0 Å². The van der Waals surface area contributed by atoms with Gasteiger partial charge in [-0.15, -0.1) is 0 Å². The zero-order valence-corrected chi connectivity index (χ0v) is 12.7. The summed E-state index contributed by atoms with van der Waals surface area (Å²) < 4.78 is 5.29. The standard InChI is InChI=1S/C16H32O2/c1-4-7-8-9-10-11-13-18-16(17)14-15(6-3)12-5-2/h15H,4-14H2,1-3H3. The molecule has 0 aromatic heterocycles. The van der Waals surface area contributed by atoms with Crippen LogP contribution in [0.2, 0.25) is 0 Å². The molecule has 0 saturated heterocycles. The third-order valence-corrected chi connectivity index (χ3v) is 3.49. The van der Waals surface area contributed by atoms with Gasteiger partial charge in [0.2, 0.25) is 0 Å². The summed E-state index contributed by atoms with van der Waals surface area (Å²) in [4.78, 5) is 11.6. The lowest BCUT2D eigenvalue weighted by atomic mass is 9.97. The second-order valence-corrected chi connectivity index (χ2v) is 5.26. The van der Waals surface area contributed by atoms with E-state index < -0.39 is 0 Å². The number of esters is 1. The van der Waals surface area contributed by atoms with Crippen LogP contribution >= 0.6 is 0 Å². The van der Waals surface area contributed by atoms with Gasteiger partial charge in [-0.05, 0) is 12.3 Å². The lowest BCUT2D eigenvalue weighted by Crippen LogP contribution is -2.12. The summed E-state index contributed by atoms with van der Waals surface area (Å²) in [6.07, 6.45) is 11.4. The molecule has 0 rings (SSSR count). The van der Waals surface area contributed by atoms with Crippen molar-refractivity contribution in [3.8, 4) is 0 Å². The fraction of sp³-hybridized carbons (Fsp3) is 0.938. The first-order chi connectivity index (χ1) is 8.74. The average molecular weight is 256 g/mol. The summed E-state index contributed by atoms with van der Waals surface area (Å²) >= 11 is 0. The molecule has 0 aliphatic heterocycles. The van der Waals surface area contributed by atoms with E-state index in [0.29, 0.717) is 18.9 Å². The van der Waals surface area contributed by atoms with Crippen molar-refractivity contribution in [2.45, 2.75) is 85.0 Å². The SMILES string of the molecule is CCCCCCCCOC(=O)CC(CC)CCC. The fourth-order valence-corrected chi connectivity index (χ4v) is 2.22. The molecule has 0 amide bonds. The summed E-state index contributed by atoms with van der Waals surface area (Å²) in [7, 11) is 0. The van der Waals surface area contributed by atoms with E-state index in [0.717, 1.165) is 25.7 Å². The second kappa shape index (κ2) is 12.9. The molecule has 0 aromatic carbocycles. The van der Waals surface area contributed by atoms with Crippen molar-refractivity contribution in [3.63, 3.8) is 0 Å². The van der Waals surface area contributed by atoms with Crippen molar-refractivity contribution in [1.82, 2.24) is 0 Å². The van der Waals surface area contributed by atoms with Gasteiger partial charge in [0, 0.05) is 6.42 Å². The first-order valence-electron chi connectivity index (χ1n) is 7.90.